The van der Waals surface area contributed by atoms with Crippen molar-refractivity contribution in [2.24, 2.45) is 0 Å². The van der Waals surface area contributed by atoms with E-state index in [9.17, 15) is 5.11 Å². The lowest BCUT2D eigenvalue weighted by Gasteiger charge is -2.07. The Bertz CT molecular complexity index is 492. The Morgan fingerprint density at radius 3 is 2.75 bits per heavy atom. The van der Waals surface area contributed by atoms with E-state index in [0.29, 0.717) is 11.4 Å². The third kappa shape index (κ3) is 2.68. The van der Waals surface area contributed by atoms with E-state index in [1.165, 1.54) is 11.3 Å². The van der Waals surface area contributed by atoms with E-state index < -0.39 is 6.10 Å². The molecule has 2 aromatic rings. The zero-order chi connectivity index (χ0) is 11.7. The summed E-state index contributed by atoms with van der Waals surface area (Å²) in [6.45, 7) is 1.96. The van der Waals surface area contributed by atoms with Crippen LogP contribution in [0.25, 0.3) is 0 Å². The fourth-order valence-electron chi connectivity index (χ4n) is 1.42. The van der Waals surface area contributed by atoms with Crippen LogP contribution in [0.2, 0.25) is 5.02 Å². The van der Waals surface area contributed by atoms with E-state index in [1.54, 1.807) is 11.3 Å². The molecule has 0 saturated heterocycles. The van der Waals surface area contributed by atoms with Crippen molar-refractivity contribution in [3.05, 3.63) is 41.6 Å². The highest BCUT2D eigenvalue weighted by Crippen LogP contribution is 2.35. The normalized spacial score (nSPS) is 13.0. The molecule has 1 nitrogen and oxygen atoms in total. The van der Waals surface area contributed by atoms with Gasteiger partial charge in [-0.15, -0.1) is 22.7 Å². The van der Waals surface area contributed by atoms with Gasteiger partial charge in [0.15, 0.2) is 0 Å². The molecule has 1 N–H and O–H groups in total. The monoisotopic (exact) mass is 336 g/mol. The van der Waals surface area contributed by atoms with Gasteiger partial charge < -0.3 is 5.11 Å². The van der Waals surface area contributed by atoms with Crippen molar-refractivity contribution < 1.29 is 5.11 Å². The van der Waals surface area contributed by atoms with Crippen LogP contribution < -0.4 is 0 Å². The molecule has 1 unspecified atom stereocenters. The number of aliphatic hydroxyl groups excluding tert-OH is 1. The summed E-state index contributed by atoms with van der Waals surface area (Å²) in [7, 11) is 0. The summed E-state index contributed by atoms with van der Waals surface area (Å²) in [6, 6.07) is 4.01. The summed E-state index contributed by atoms with van der Waals surface area (Å²) in [4.78, 5) is 2.02. The maximum Gasteiger partial charge on any atom is 0.0945 e. The first-order valence-electron chi connectivity index (χ1n) is 4.73. The minimum atomic E-state index is -0.503. The van der Waals surface area contributed by atoms with Gasteiger partial charge in [-0.2, -0.15) is 0 Å². The van der Waals surface area contributed by atoms with Crippen LogP contribution in [-0.2, 0) is 6.42 Å². The molecule has 2 rings (SSSR count). The first-order chi connectivity index (χ1) is 7.58. The minimum absolute atomic E-state index is 0.503. The van der Waals surface area contributed by atoms with E-state index in [-0.39, 0.29) is 0 Å². The smallest absolute Gasteiger partial charge is 0.0945 e. The van der Waals surface area contributed by atoms with E-state index >= 15 is 0 Å². The van der Waals surface area contributed by atoms with Gasteiger partial charge in [-0.1, -0.05) is 11.6 Å². The van der Waals surface area contributed by atoms with Crippen LogP contribution >= 0.6 is 50.2 Å². The quantitative estimate of drug-likeness (QED) is 0.852. The number of aliphatic hydroxyl groups is 1. The van der Waals surface area contributed by atoms with Crippen LogP contribution in [-0.4, -0.2) is 5.11 Å². The van der Waals surface area contributed by atoms with Crippen molar-refractivity contribution in [2.45, 2.75) is 19.4 Å². The van der Waals surface area contributed by atoms with Crippen LogP contribution in [0.1, 0.15) is 21.4 Å². The standard InChI is InChI=1S/C11H10BrClOS2/c1-6-5-15-11(10(6)13)8(14)4-7-2-3-9(12)16-7/h2-3,5,8,14H,4H2,1H3. The molecule has 0 bridgehead atoms. The van der Waals surface area contributed by atoms with Crippen molar-refractivity contribution in [1.82, 2.24) is 0 Å². The van der Waals surface area contributed by atoms with E-state index in [1.807, 2.05) is 24.4 Å². The van der Waals surface area contributed by atoms with Crippen LogP contribution in [0, 0.1) is 6.92 Å². The van der Waals surface area contributed by atoms with Gasteiger partial charge in [0.25, 0.3) is 0 Å². The fraction of sp³-hybridized carbons (Fsp3) is 0.273. The summed E-state index contributed by atoms with van der Waals surface area (Å²) < 4.78 is 1.09. The van der Waals surface area contributed by atoms with Crippen LogP contribution in [0.4, 0.5) is 0 Å². The molecule has 0 spiro atoms. The van der Waals surface area contributed by atoms with Gasteiger partial charge in [0.1, 0.15) is 0 Å². The Kier molecular flexibility index (Phi) is 4.08. The predicted octanol–water partition coefficient (Wildman–Crippen LogP) is 4.81. The molecule has 5 heteroatoms. The molecule has 0 aliphatic carbocycles. The average molecular weight is 338 g/mol. The summed E-state index contributed by atoms with van der Waals surface area (Å²) in [5.74, 6) is 0. The second kappa shape index (κ2) is 5.19. The van der Waals surface area contributed by atoms with Gasteiger partial charge in [-0.25, -0.2) is 0 Å². The molecule has 0 aliphatic rings. The molecule has 86 valence electrons. The number of thiophene rings is 2. The molecule has 0 saturated carbocycles. The van der Waals surface area contributed by atoms with Crippen molar-refractivity contribution in [3.8, 4) is 0 Å². The number of hydrogen-bond donors (Lipinski definition) is 1. The molecular weight excluding hydrogens is 328 g/mol. The van der Waals surface area contributed by atoms with Crippen molar-refractivity contribution >= 4 is 50.2 Å². The van der Waals surface area contributed by atoms with Crippen molar-refractivity contribution in [3.63, 3.8) is 0 Å². The largest absolute Gasteiger partial charge is 0.387 e. The third-order valence-corrected chi connectivity index (χ3v) is 5.71. The van der Waals surface area contributed by atoms with Gasteiger partial charge in [0, 0.05) is 11.3 Å². The molecule has 2 aromatic heterocycles. The molecule has 1 atom stereocenters. The van der Waals surface area contributed by atoms with Crippen LogP contribution in [0.5, 0.6) is 0 Å². The predicted molar refractivity (Wildman–Crippen MR) is 74.7 cm³/mol. The topological polar surface area (TPSA) is 20.2 Å². The number of halogens is 2. The molecular formula is C11H10BrClOS2. The lowest BCUT2D eigenvalue weighted by Crippen LogP contribution is -1.98. The first kappa shape index (κ1) is 12.6. The fourth-order valence-corrected chi connectivity index (χ4v) is 4.24. The Labute approximate surface area is 116 Å². The molecule has 0 amide bonds. The second-order valence-electron chi connectivity index (χ2n) is 3.52. The summed E-state index contributed by atoms with van der Waals surface area (Å²) in [5.41, 5.74) is 1.04. The van der Waals surface area contributed by atoms with Gasteiger partial charge in [-0.3, -0.25) is 0 Å². The molecule has 2 heterocycles. The lowest BCUT2D eigenvalue weighted by molar-refractivity contribution is 0.183. The highest BCUT2D eigenvalue weighted by molar-refractivity contribution is 9.11. The zero-order valence-electron chi connectivity index (χ0n) is 8.54. The number of rotatable bonds is 3. The SMILES string of the molecule is Cc1csc(C(O)Cc2ccc(Br)s2)c1Cl. The van der Waals surface area contributed by atoms with Gasteiger partial charge in [-0.05, 0) is 45.9 Å². The van der Waals surface area contributed by atoms with Gasteiger partial charge >= 0.3 is 0 Å². The van der Waals surface area contributed by atoms with E-state index in [0.717, 1.165) is 19.1 Å². The Balaban J connectivity index is 2.14. The highest BCUT2D eigenvalue weighted by atomic mass is 79.9. The molecule has 0 aliphatic heterocycles. The third-order valence-electron chi connectivity index (χ3n) is 2.25. The first-order valence-corrected chi connectivity index (χ1v) is 7.60. The summed E-state index contributed by atoms with van der Waals surface area (Å²) in [6.07, 6.45) is 0.118. The number of hydrogen-bond acceptors (Lipinski definition) is 3. The second-order valence-corrected chi connectivity index (χ2v) is 7.36. The van der Waals surface area contributed by atoms with E-state index in [4.69, 9.17) is 11.6 Å². The Hall–Kier alpha value is 0.130. The van der Waals surface area contributed by atoms with E-state index in [2.05, 4.69) is 15.9 Å². The zero-order valence-corrected chi connectivity index (χ0v) is 12.5. The molecule has 0 radical (unpaired) electrons. The summed E-state index contributed by atoms with van der Waals surface area (Å²) in [5, 5.41) is 12.8. The van der Waals surface area contributed by atoms with Crippen molar-refractivity contribution in [2.75, 3.05) is 0 Å². The van der Waals surface area contributed by atoms with Gasteiger partial charge in [0.2, 0.25) is 0 Å². The maximum atomic E-state index is 10.1. The Morgan fingerprint density at radius 1 is 1.50 bits per heavy atom. The minimum Gasteiger partial charge on any atom is -0.387 e. The molecule has 0 aromatic carbocycles. The summed E-state index contributed by atoms with van der Waals surface area (Å²) >= 11 is 12.7. The molecule has 0 fully saturated rings. The van der Waals surface area contributed by atoms with Gasteiger partial charge in [0.05, 0.1) is 19.8 Å². The Morgan fingerprint density at radius 2 is 2.25 bits per heavy atom. The highest BCUT2D eigenvalue weighted by Gasteiger charge is 2.16. The van der Waals surface area contributed by atoms with Crippen LogP contribution in [0.3, 0.4) is 0 Å². The lowest BCUT2D eigenvalue weighted by atomic mass is 10.2. The maximum absolute atomic E-state index is 10.1. The van der Waals surface area contributed by atoms with Crippen LogP contribution in [0.15, 0.2) is 21.3 Å². The van der Waals surface area contributed by atoms with Crippen molar-refractivity contribution in [1.29, 1.82) is 0 Å². The molecule has 16 heavy (non-hydrogen) atoms. The average Bonchev–Trinajstić information content (AvgIpc) is 2.76. The number of aryl methyl sites for hydroxylation is 1.